The number of benzene rings is 4. The molecule has 5 aromatic rings. The Labute approximate surface area is 188 Å². The first kappa shape index (κ1) is 19.3. The molecule has 0 saturated heterocycles. The van der Waals surface area contributed by atoms with Crippen LogP contribution in [0.25, 0.3) is 21.7 Å². The van der Waals surface area contributed by atoms with Crippen LogP contribution < -0.4 is 0 Å². The van der Waals surface area contributed by atoms with E-state index in [0.717, 1.165) is 27.7 Å². The monoisotopic (exact) mass is 473 g/mol. The summed E-state index contributed by atoms with van der Waals surface area (Å²) in [6, 6.07) is 31.6. The van der Waals surface area contributed by atoms with Gasteiger partial charge in [-0.15, -0.1) is 11.8 Å². The highest BCUT2D eigenvalue weighted by atomic mass is 79.9. The molecule has 148 valence electrons. The van der Waals surface area contributed by atoms with Crippen LogP contribution in [0.1, 0.15) is 11.3 Å². The van der Waals surface area contributed by atoms with Gasteiger partial charge in [-0.3, -0.25) is 0 Å². The van der Waals surface area contributed by atoms with Crippen molar-refractivity contribution >= 4 is 49.4 Å². The third-order valence-corrected chi connectivity index (χ3v) is 7.07. The summed E-state index contributed by atoms with van der Waals surface area (Å²) in [7, 11) is 0. The van der Waals surface area contributed by atoms with Crippen molar-refractivity contribution in [1.29, 1.82) is 0 Å². The van der Waals surface area contributed by atoms with E-state index < -0.39 is 0 Å². The summed E-state index contributed by atoms with van der Waals surface area (Å²) in [5.41, 5.74) is 3.65. The second kappa shape index (κ2) is 8.21. The minimum absolute atomic E-state index is 0.270. The molecule has 0 atom stereocenters. The summed E-state index contributed by atoms with van der Waals surface area (Å²) in [4.78, 5) is 1.25. The zero-order chi connectivity index (χ0) is 20.5. The maximum absolute atomic E-state index is 10.2. The lowest BCUT2D eigenvalue weighted by atomic mass is 10.0. The summed E-state index contributed by atoms with van der Waals surface area (Å²) in [5.74, 6) is 1.13. The molecule has 0 bridgehead atoms. The van der Waals surface area contributed by atoms with Gasteiger partial charge in [0, 0.05) is 33.8 Å². The summed E-state index contributed by atoms with van der Waals surface area (Å²) in [5, 5.41) is 13.8. The zero-order valence-corrected chi connectivity index (χ0v) is 18.7. The minimum Gasteiger partial charge on any atom is -0.507 e. The van der Waals surface area contributed by atoms with Gasteiger partial charge in [-0.05, 0) is 62.6 Å². The zero-order valence-electron chi connectivity index (χ0n) is 16.3. The van der Waals surface area contributed by atoms with Crippen molar-refractivity contribution in [1.82, 2.24) is 4.57 Å². The van der Waals surface area contributed by atoms with E-state index in [4.69, 9.17) is 0 Å². The molecule has 1 aromatic heterocycles. The van der Waals surface area contributed by atoms with E-state index >= 15 is 0 Å². The Morgan fingerprint density at radius 2 is 1.57 bits per heavy atom. The number of rotatable bonds is 5. The van der Waals surface area contributed by atoms with Gasteiger partial charge in [0.15, 0.2) is 0 Å². The number of hydrogen-bond donors (Lipinski definition) is 1. The largest absolute Gasteiger partial charge is 0.507 e. The lowest BCUT2D eigenvalue weighted by molar-refractivity contribution is 0.473. The SMILES string of the molecule is Oc1cc2cc(CSc3ccccc3)n(Cc3cccc4ccccc34)c2cc1Br. The van der Waals surface area contributed by atoms with Gasteiger partial charge < -0.3 is 9.67 Å². The number of hydrogen-bond acceptors (Lipinski definition) is 2. The van der Waals surface area contributed by atoms with Gasteiger partial charge in [-0.1, -0.05) is 60.7 Å². The van der Waals surface area contributed by atoms with Crippen LogP contribution in [0, 0.1) is 0 Å². The van der Waals surface area contributed by atoms with Crippen molar-refractivity contribution in [3.8, 4) is 5.75 Å². The summed E-state index contributed by atoms with van der Waals surface area (Å²) < 4.78 is 3.09. The molecule has 0 radical (unpaired) electrons. The molecule has 4 heteroatoms. The van der Waals surface area contributed by atoms with Crippen LogP contribution in [0.5, 0.6) is 5.75 Å². The van der Waals surface area contributed by atoms with Gasteiger partial charge in [0.1, 0.15) is 5.75 Å². The average Bonchev–Trinajstić information content (AvgIpc) is 3.10. The molecule has 1 N–H and O–H groups in total. The summed E-state index contributed by atoms with van der Waals surface area (Å²) in [6.45, 7) is 0.784. The van der Waals surface area contributed by atoms with Crippen LogP contribution >= 0.6 is 27.7 Å². The molecule has 0 spiro atoms. The standard InChI is InChI=1S/C26H20BrNOS/c27-24-15-25-20(14-26(24)29)13-21(17-30-22-10-2-1-3-11-22)28(25)16-19-9-6-8-18-7-4-5-12-23(18)19/h1-15,29H,16-17H2. The molecule has 1 heterocycles. The van der Waals surface area contributed by atoms with Crippen LogP contribution in [0.3, 0.4) is 0 Å². The van der Waals surface area contributed by atoms with Crippen LogP contribution in [0.15, 0.2) is 100 Å². The topological polar surface area (TPSA) is 25.2 Å². The van der Waals surface area contributed by atoms with Crippen molar-refractivity contribution in [3.63, 3.8) is 0 Å². The first-order valence-corrected chi connectivity index (χ1v) is 11.6. The quantitative estimate of drug-likeness (QED) is 0.265. The van der Waals surface area contributed by atoms with E-state index in [1.165, 1.54) is 26.9 Å². The summed E-state index contributed by atoms with van der Waals surface area (Å²) in [6.07, 6.45) is 0. The molecule has 0 fully saturated rings. The lowest BCUT2D eigenvalue weighted by Gasteiger charge is -2.13. The van der Waals surface area contributed by atoms with Gasteiger partial charge >= 0.3 is 0 Å². The Morgan fingerprint density at radius 1 is 0.800 bits per heavy atom. The van der Waals surface area contributed by atoms with Crippen LogP contribution in [0.2, 0.25) is 0 Å². The number of phenols is 1. The van der Waals surface area contributed by atoms with Crippen LogP contribution in [0.4, 0.5) is 0 Å². The van der Waals surface area contributed by atoms with E-state index in [-0.39, 0.29) is 5.75 Å². The highest BCUT2D eigenvalue weighted by molar-refractivity contribution is 9.10. The number of thioether (sulfide) groups is 1. The third-order valence-electron chi connectivity index (χ3n) is 5.39. The molecule has 5 rings (SSSR count). The van der Waals surface area contributed by atoms with Gasteiger partial charge in [-0.25, -0.2) is 0 Å². The summed E-state index contributed by atoms with van der Waals surface area (Å²) >= 11 is 5.32. The fourth-order valence-corrected chi connectivity index (χ4v) is 5.14. The fourth-order valence-electron chi connectivity index (χ4n) is 3.91. The van der Waals surface area contributed by atoms with E-state index in [1.807, 2.05) is 30.0 Å². The molecule has 2 nitrogen and oxygen atoms in total. The number of aromatic nitrogens is 1. The number of phenolic OH excluding ortho intramolecular Hbond substituents is 1. The number of halogens is 1. The van der Waals surface area contributed by atoms with Crippen LogP contribution in [-0.2, 0) is 12.3 Å². The van der Waals surface area contributed by atoms with E-state index in [2.05, 4.69) is 93.3 Å². The first-order chi connectivity index (χ1) is 14.7. The number of nitrogens with zero attached hydrogens (tertiary/aromatic N) is 1. The predicted molar refractivity (Wildman–Crippen MR) is 130 cm³/mol. The van der Waals surface area contributed by atoms with E-state index in [1.54, 1.807) is 0 Å². The third kappa shape index (κ3) is 3.73. The van der Waals surface area contributed by atoms with Crippen molar-refractivity contribution in [2.24, 2.45) is 0 Å². The van der Waals surface area contributed by atoms with Gasteiger partial charge in [0.05, 0.1) is 4.47 Å². The van der Waals surface area contributed by atoms with Gasteiger partial charge in [0.25, 0.3) is 0 Å². The van der Waals surface area contributed by atoms with Crippen LogP contribution in [-0.4, -0.2) is 9.67 Å². The van der Waals surface area contributed by atoms with Crippen molar-refractivity contribution < 1.29 is 5.11 Å². The lowest BCUT2D eigenvalue weighted by Crippen LogP contribution is -2.04. The normalized spacial score (nSPS) is 11.4. The molecule has 0 amide bonds. The molecule has 4 aromatic carbocycles. The molecular formula is C26H20BrNOS. The molecule has 0 unspecified atom stereocenters. The Morgan fingerprint density at radius 3 is 2.43 bits per heavy atom. The Hall–Kier alpha value is -2.69. The maximum atomic E-state index is 10.2. The Kier molecular flexibility index (Phi) is 5.28. The van der Waals surface area contributed by atoms with Gasteiger partial charge in [0.2, 0.25) is 0 Å². The minimum atomic E-state index is 0.270. The van der Waals surface area contributed by atoms with Crippen molar-refractivity contribution in [3.05, 3.63) is 107 Å². The second-order valence-corrected chi connectivity index (χ2v) is 9.23. The fraction of sp³-hybridized carbons (Fsp3) is 0.0769. The molecule has 30 heavy (non-hydrogen) atoms. The first-order valence-electron chi connectivity index (χ1n) is 9.84. The molecule has 0 aliphatic carbocycles. The van der Waals surface area contributed by atoms with E-state index in [9.17, 15) is 5.11 Å². The number of fused-ring (bicyclic) bond motifs is 2. The van der Waals surface area contributed by atoms with Crippen molar-refractivity contribution in [2.45, 2.75) is 17.2 Å². The highest BCUT2D eigenvalue weighted by Crippen LogP contribution is 2.34. The molecule has 0 saturated carbocycles. The van der Waals surface area contributed by atoms with E-state index in [0.29, 0.717) is 0 Å². The molecule has 0 aliphatic rings. The Balaban J connectivity index is 1.60. The Bertz CT molecular complexity index is 1340. The van der Waals surface area contributed by atoms with Crippen molar-refractivity contribution in [2.75, 3.05) is 0 Å². The maximum Gasteiger partial charge on any atom is 0.130 e. The highest BCUT2D eigenvalue weighted by Gasteiger charge is 2.13. The smallest absolute Gasteiger partial charge is 0.130 e. The average molecular weight is 474 g/mol. The number of aromatic hydroxyl groups is 1. The molecular weight excluding hydrogens is 454 g/mol. The predicted octanol–water partition coefficient (Wildman–Crippen LogP) is 7.60. The van der Waals surface area contributed by atoms with Gasteiger partial charge in [-0.2, -0.15) is 0 Å². The molecule has 0 aliphatic heterocycles. The second-order valence-electron chi connectivity index (χ2n) is 7.32.